The Morgan fingerprint density at radius 2 is 1.89 bits per heavy atom. The largest absolute Gasteiger partial charge is 0.478 e. The highest BCUT2D eigenvalue weighted by molar-refractivity contribution is 5.91. The molecule has 0 bridgehead atoms. The lowest BCUT2D eigenvalue weighted by atomic mass is 10.2. The molecule has 0 radical (unpaired) electrons. The molecule has 104 valence electrons. The van der Waals surface area contributed by atoms with Crippen LogP contribution >= 0.6 is 0 Å². The number of carbonyl (C=O) groups excluding carboxylic acids is 1. The van der Waals surface area contributed by atoms with E-state index in [1.165, 1.54) is 12.1 Å². The van der Waals surface area contributed by atoms with E-state index < -0.39 is 5.97 Å². The average Bonchev–Trinajstić information content (AvgIpc) is 2.39. The van der Waals surface area contributed by atoms with E-state index in [-0.39, 0.29) is 11.6 Å². The van der Waals surface area contributed by atoms with E-state index in [2.05, 4.69) is 10.6 Å². The maximum Gasteiger partial charge on any atom is 0.335 e. The molecule has 1 rings (SSSR count). The standard InChI is InChI=1S/C13H19N3O3/c1-14-8-3-9-16(2)13(19)15-11-6-4-10(5-7-11)12(17)18/h4-7,14H,3,8-9H2,1-2H3,(H,15,19)(H,17,18). The zero-order valence-corrected chi connectivity index (χ0v) is 11.1. The minimum absolute atomic E-state index is 0.195. The Bertz CT molecular complexity index is 431. The van der Waals surface area contributed by atoms with Gasteiger partial charge in [-0.1, -0.05) is 0 Å². The van der Waals surface area contributed by atoms with Crippen molar-refractivity contribution >= 4 is 17.7 Å². The molecule has 1 aromatic carbocycles. The molecule has 1 aromatic rings. The number of carboxylic acids is 1. The zero-order chi connectivity index (χ0) is 14.3. The second-order valence-corrected chi connectivity index (χ2v) is 4.19. The van der Waals surface area contributed by atoms with E-state index in [0.29, 0.717) is 12.2 Å². The highest BCUT2D eigenvalue weighted by Crippen LogP contribution is 2.10. The molecule has 0 fully saturated rings. The quantitative estimate of drug-likeness (QED) is 0.680. The topological polar surface area (TPSA) is 81.7 Å². The lowest BCUT2D eigenvalue weighted by molar-refractivity contribution is 0.0697. The minimum atomic E-state index is -0.984. The molecule has 0 saturated carbocycles. The van der Waals surface area contributed by atoms with Crippen molar-refractivity contribution < 1.29 is 14.7 Å². The summed E-state index contributed by atoms with van der Waals surface area (Å²) in [6, 6.07) is 5.85. The Labute approximate surface area is 112 Å². The van der Waals surface area contributed by atoms with E-state index in [1.807, 2.05) is 7.05 Å². The number of urea groups is 1. The van der Waals surface area contributed by atoms with Crippen LogP contribution in [0, 0.1) is 0 Å². The molecule has 0 aliphatic rings. The van der Waals surface area contributed by atoms with Crippen LogP contribution in [0.15, 0.2) is 24.3 Å². The van der Waals surface area contributed by atoms with Gasteiger partial charge in [-0.25, -0.2) is 9.59 Å². The lowest BCUT2D eigenvalue weighted by Crippen LogP contribution is -2.33. The molecule has 0 aliphatic heterocycles. The molecule has 0 saturated heterocycles. The van der Waals surface area contributed by atoms with Gasteiger partial charge >= 0.3 is 12.0 Å². The van der Waals surface area contributed by atoms with Gasteiger partial charge in [0, 0.05) is 19.3 Å². The van der Waals surface area contributed by atoms with Crippen molar-refractivity contribution in [2.45, 2.75) is 6.42 Å². The Balaban J connectivity index is 2.49. The highest BCUT2D eigenvalue weighted by Gasteiger charge is 2.08. The fourth-order valence-corrected chi connectivity index (χ4v) is 1.51. The Morgan fingerprint density at radius 3 is 2.42 bits per heavy atom. The molecule has 0 heterocycles. The Kier molecular flexibility index (Phi) is 5.81. The molecule has 2 amide bonds. The van der Waals surface area contributed by atoms with Crippen LogP contribution in [0.5, 0.6) is 0 Å². The van der Waals surface area contributed by atoms with Crippen molar-refractivity contribution in [3.63, 3.8) is 0 Å². The number of hydrogen-bond donors (Lipinski definition) is 3. The first kappa shape index (κ1) is 15.0. The molecule has 0 atom stereocenters. The van der Waals surface area contributed by atoms with Crippen molar-refractivity contribution in [1.82, 2.24) is 10.2 Å². The van der Waals surface area contributed by atoms with E-state index in [0.717, 1.165) is 13.0 Å². The SMILES string of the molecule is CNCCCN(C)C(=O)Nc1ccc(C(=O)O)cc1. The van der Waals surface area contributed by atoms with Gasteiger partial charge in [-0.15, -0.1) is 0 Å². The number of carbonyl (C=O) groups is 2. The van der Waals surface area contributed by atoms with E-state index in [1.54, 1.807) is 24.1 Å². The Morgan fingerprint density at radius 1 is 1.26 bits per heavy atom. The first-order valence-corrected chi connectivity index (χ1v) is 6.04. The number of benzene rings is 1. The molecule has 0 spiro atoms. The maximum absolute atomic E-state index is 11.8. The number of aromatic carboxylic acids is 1. The third-order valence-corrected chi connectivity index (χ3v) is 2.65. The summed E-state index contributed by atoms with van der Waals surface area (Å²) in [5, 5.41) is 14.5. The normalized spacial score (nSPS) is 10.0. The second-order valence-electron chi connectivity index (χ2n) is 4.19. The van der Waals surface area contributed by atoms with Crippen molar-refractivity contribution in [1.29, 1.82) is 0 Å². The number of amides is 2. The van der Waals surface area contributed by atoms with Crippen LogP contribution in [0.2, 0.25) is 0 Å². The van der Waals surface area contributed by atoms with Gasteiger partial charge in [0.05, 0.1) is 5.56 Å². The zero-order valence-electron chi connectivity index (χ0n) is 11.1. The molecule has 6 nitrogen and oxygen atoms in total. The number of carboxylic acid groups (broad SMARTS) is 1. The van der Waals surface area contributed by atoms with Crippen LogP contribution < -0.4 is 10.6 Å². The van der Waals surface area contributed by atoms with Crippen LogP contribution in [0.25, 0.3) is 0 Å². The monoisotopic (exact) mass is 265 g/mol. The third kappa shape index (κ3) is 4.97. The smallest absolute Gasteiger partial charge is 0.335 e. The predicted octanol–water partition coefficient (Wildman–Crippen LogP) is 1.46. The third-order valence-electron chi connectivity index (χ3n) is 2.65. The summed E-state index contributed by atoms with van der Waals surface area (Å²) in [7, 11) is 3.58. The van der Waals surface area contributed by atoms with Gasteiger partial charge in [-0.05, 0) is 44.3 Å². The van der Waals surface area contributed by atoms with Crippen molar-refractivity contribution in [3.05, 3.63) is 29.8 Å². The number of rotatable bonds is 6. The molecule has 6 heteroatoms. The van der Waals surface area contributed by atoms with Crippen molar-refractivity contribution in [2.24, 2.45) is 0 Å². The van der Waals surface area contributed by atoms with Gasteiger partial charge in [0.1, 0.15) is 0 Å². The number of hydrogen-bond acceptors (Lipinski definition) is 3. The van der Waals surface area contributed by atoms with E-state index >= 15 is 0 Å². The molecular formula is C13H19N3O3. The first-order chi connectivity index (χ1) is 9.04. The van der Waals surface area contributed by atoms with Gasteiger partial charge in [-0.2, -0.15) is 0 Å². The minimum Gasteiger partial charge on any atom is -0.478 e. The fourth-order valence-electron chi connectivity index (χ4n) is 1.51. The van der Waals surface area contributed by atoms with Crippen LogP contribution in [0.1, 0.15) is 16.8 Å². The van der Waals surface area contributed by atoms with Crippen LogP contribution in [0.4, 0.5) is 10.5 Å². The van der Waals surface area contributed by atoms with Gasteiger partial charge in [0.25, 0.3) is 0 Å². The second kappa shape index (κ2) is 7.38. The summed E-state index contributed by atoms with van der Waals surface area (Å²) in [6.07, 6.45) is 0.873. The van der Waals surface area contributed by atoms with E-state index in [9.17, 15) is 9.59 Å². The van der Waals surface area contributed by atoms with Crippen molar-refractivity contribution in [2.75, 3.05) is 32.5 Å². The molecular weight excluding hydrogens is 246 g/mol. The van der Waals surface area contributed by atoms with Crippen LogP contribution in [0.3, 0.4) is 0 Å². The molecule has 0 unspecified atom stereocenters. The first-order valence-electron chi connectivity index (χ1n) is 6.04. The van der Waals surface area contributed by atoms with Gasteiger partial charge in [0.2, 0.25) is 0 Å². The Hall–Kier alpha value is -2.08. The predicted molar refractivity (Wildman–Crippen MR) is 73.6 cm³/mol. The number of nitrogens with one attached hydrogen (secondary N) is 2. The maximum atomic E-state index is 11.8. The lowest BCUT2D eigenvalue weighted by Gasteiger charge is -2.17. The molecule has 3 N–H and O–H groups in total. The molecule has 0 aromatic heterocycles. The average molecular weight is 265 g/mol. The summed E-state index contributed by atoms with van der Waals surface area (Å²) in [5.41, 5.74) is 0.774. The highest BCUT2D eigenvalue weighted by atomic mass is 16.4. The number of nitrogens with zero attached hydrogens (tertiary/aromatic N) is 1. The van der Waals surface area contributed by atoms with Crippen LogP contribution in [-0.4, -0.2) is 49.2 Å². The molecule has 19 heavy (non-hydrogen) atoms. The molecule has 0 aliphatic carbocycles. The summed E-state index contributed by atoms with van der Waals surface area (Å²) in [5.74, 6) is -0.984. The summed E-state index contributed by atoms with van der Waals surface area (Å²) >= 11 is 0. The number of anilines is 1. The van der Waals surface area contributed by atoms with Crippen LogP contribution in [-0.2, 0) is 0 Å². The van der Waals surface area contributed by atoms with Gasteiger partial charge < -0.3 is 20.6 Å². The summed E-state index contributed by atoms with van der Waals surface area (Å²) < 4.78 is 0. The van der Waals surface area contributed by atoms with Gasteiger partial charge in [-0.3, -0.25) is 0 Å². The fraction of sp³-hybridized carbons (Fsp3) is 0.385. The van der Waals surface area contributed by atoms with E-state index in [4.69, 9.17) is 5.11 Å². The van der Waals surface area contributed by atoms with Gasteiger partial charge in [0.15, 0.2) is 0 Å². The summed E-state index contributed by atoms with van der Waals surface area (Å²) in [6.45, 7) is 1.50. The van der Waals surface area contributed by atoms with Crippen molar-refractivity contribution in [3.8, 4) is 0 Å². The summed E-state index contributed by atoms with van der Waals surface area (Å²) in [4.78, 5) is 24.1.